The third-order valence-corrected chi connectivity index (χ3v) is 5.32. The van der Waals surface area contributed by atoms with Gasteiger partial charge in [0.15, 0.2) is 0 Å². The summed E-state index contributed by atoms with van der Waals surface area (Å²) >= 11 is 0. The number of hydrogen-bond acceptors (Lipinski definition) is 4. The number of amides is 2. The van der Waals surface area contributed by atoms with E-state index in [1.807, 2.05) is 43.0 Å². The molecule has 3 rings (SSSR count). The first-order chi connectivity index (χ1) is 13.4. The molecule has 2 heterocycles. The molecule has 0 saturated carbocycles. The lowest BCUT2D eigenvalue weighted by Crippen LogP contribution is -2.42. The Kier molecular flexibility index (Phi) is 4.66. The lowest BCUT2D eigenvalue weighted by Gasteiger charge is -2.27. The van der Waals surface area contributed by atoms with Crippen LogP contribution in [0.25, 0.3) is 0 Å². The molecular weight excluding hydrogens is 383 g/mol. The number of fused-ring (bicyclic) bond motifs is 1. The molecule has 2 aliphatic rings. The summed E-state index contributed by atoms with van der Waals surface area (Å²) in [6, 6.07) is 8.88. The minimum atomic E-state index is -5.03. The first-order valence-electron chi connectivity index (χ1n) is 8.73. The van der Waals surface area contributed by atoms with Gasteiger partial charge in [0, 0.05) is 30.9 Å². The largest absolute Gasteiger partial charge is 0.418 e. The van der Waals surface area contributed by atoms with Crippen molar-refractivity contribution >= 4 is 17.5 Å². The molecule has 0 unspecified atom stereocenters. The molecule has 0 radical (unpaired) electrons. The predicted octanol–water partition coefficient (Wildman–Crippen LogP) is 3.61. The van der Waals surface area contributed by atoms with Crippen molar-refractivity contribution in [3.05, 3.63) is 64.4 Å². The SMILES string of the molecule is CN1C(=O)C(C#N)=C(C(F)(F)F)/C(=C\C=C2/N(C)c3ccccc3C2(C)C)C1=O. The van der Waals surface area contributed by atoms with Gasteiger partial charge in [-0.2, -0.15) is 18.4 Å². The highest BCUT2D eigenvalue weighted by Crippen LogP contribution is 2.47. The van der Waals surface area contributed by atoms with Crippen LogP contribution in [0.4, 0.5) is 18.9 Å². The standard InChI is InChI=1S/C21H18F3N3O2/c1-20(2)14-7-5-6-8-15(14)26(3)16(20)10-9-12-17(21(22,23)24)13(11-25)19(29)27(4)18(12)28/h5-10H,1-4H3/b12-9+,16-10-. The summed E-state index contributed by atoms with van der Waals surface area (Å²) in [6.07, 6.45) is -2.54. The topological polar surface area (TPSA) is 64.4 Å². The van der Waals surface area contributed by atoms with E-state index in [0.29, 0.717) is 10.6 Å². The van der Waals surface area contributed by atoms with Gasteiger partial charge in [0.05, 0.1) is 11.1 Å². The van der Waals surface area contributed by atoms with Crippen molar-refractivity contribution in [1.82, 2.24) is 4.90 Å². The van der Waals surface area contributed by atoms with Gasteiger partial charge < -0.3 is 4.90 Å². The highest BCUT2D eigenvalue weighted by molar-refractivity contribution is 6.18. The summed E-state index contributed by atoms with van der Waals surface area (Å²) in [5.41, 5.74) is -1.25. The molecule has 29 heavy (non-hydrogen) atoms. The molecule has 1 aromatic carbocycles. The van der Waals surface area contributed by atoms with Crippen molar-refractivity contribution in [2.75, 3.05) is 19.0 Å². The monoisotopic (exact) mass is 401 g/mol. The summed E-state index contributed by atoms with van der Waals surface area (Å²) in [7, 11) is 2.84. The minimum Gasteiger partial charge on any atom is -0.347 e. The number of nitriles is 1. The van der Waals surface area contributed by atoms with Crippen LogP contribution in [0.1, 0.15) is 19.4 Å². The van der Waals surface area contributed by atoms with Crippen molar-refractivity contribution in [1.29, 1.82) is 5.26 Å². The number of hydrogen-bond donors (Lipinski definition) is 0. The summed E-state index contributed by atoms with van der Waals surface area (Å²) in [4.78, 5) is 26.8. The second kappa shape index (κ2) is 6.62. The normalized spacial score (nSPS) is 21.9. The van der Waals surface area contributed by atoms with Crippen LogP contribution in [0.2, 0.25) is 0 Å². The van der Waals surface area contributed by atoms with Crippen molar-refractivity contribution in [2.24, 2.45) is 0 Å². The van der Waals surface area contributed by atoms with Crippen molar-refractivity contribution in [3.8, 4) is 6.07 Å². The lowest BCUT2D eigenvalue weighted by atomic mass is 9.83. The van der Waals surface area contributed by atoms with E-state index in [-0.39, 0.29) is 0 Å². The Balaban J connectivity index is 2.21. The Labute approximate surface area is 166 Å². The number of para-hydroxylation sites is 1. The fraction of sp³-hybridized carbons (Fsp3) is 0.286. The van der Waals surface area contributed by atoms with E-state index in [9.17, 15) is 22.8 Å². The fourth-order valence-electron chi connectivity index (χ4n) is 3.81. The molecule has 1 aromatic rings. The Morgan fingerprint density at radius 3 is 2.21 bits per heavy atom. The highest BCUT2D eigenvalue weighted by Gasteiger charge is 2.48. The smallest absolute Gasteiger partial charge is 0.347 e. The maximum absolute atomic E-state index is 13.6. The van der Waals surface area contributed by atoms with Crippen LogP contribution < -0.4 is 4.90 Å². The van der Waals surface area contributed by atoms with E-state index < -0.39 is 40.1 Å². The number of allylic oxidation sites excluding steroid dienone is 3. The number of imide groups is 1. The van der Waals surface area contributed by atoms with E-state index in [0.717, 1.165) is 24.4 Å². The summed E-state index contributed by atoms with van der Waals surface area (Å²) in [6.45, 7) is 3.86. The van der Waals surface area contributed by atoms with Crippen LogP contribution in [-0.2, 0) is 15.0 Å². The van der Waals surface area contributed by atoms with Crippen LogP contribution in [0, 0.1) is 11.3 Å². The number of benzene rings is 1. The quantitative estimate of drug-likeness (QED) is 0.533. The van der Waals surface area contributed by atoms with Crippen molar-refractivity contribution in [2.45, 2.75) is 25.4 Å². The molecule has 0 atom stereocenters. The van der Waals surface area contributed by atoms with Gasteiger partial charge in [-0.15, -0.1) is 0 Å². The number of halogens is 3. The molecule has 150 valence electrons. The molecule has 2 aliphatic heterocycles. The highest BCUT2D eigenvalue weighted by atomic mass is 19.4. The van der Waals surface area contributed by atoms with Crippen LogP contribution in [0.15, 0.2) is 58.8 Å². The average Bonchev–Trinajstić information content (AvgIpc) is 2.84. The van der Waals surface area contributed by atoms with Crippen LogP contribution in [0.5, 0.6) is 0 Å². The molecule has 0 N–H and O–H groups in total. The second-order valence-electron chi connectivity index (χ2n) is 7.36. The maximum atomic E-state index is 13.6. The first kappa shape index (κ1) is 20.4. The second-order valence-corrected chi connectivity index (χ2v) is 7.36. The lowest BCUT2D eigenvalue weighted by molar-refractivity contribution is -0.141. The zero-order valence-electron chi connectivity index (χ0n) is 16.3. The van der Waals surface area contributed by atoms with Gasteiger partial charge >= 0.3 is 6.18 Å². The molecule has 0 aromatic heterocycles. The number of anilines is 1. The first-order valence-corrected chi connectivity index (χ1v) is 8.73. The maximum Gasteiger partial charge on any atom is 0.418 e. The van der Waals surface area contributed by atoms with Gasteiger partial charge in [-0.05, 0) is 23.8 Å². The van der Waals surface area contributed by atoms with Gasteiger partial charge in [0.2, 0.25) is 0 Å². The van der Waals surface area contributed by atoms with Gasteiger partial charge in [-0.1, -0.05) is 32.0 Å². The van der Waals surface area contributed by atoms with Gasteiger partial charge in [-0.3, -0.25) is 14.5 Å². The zero-order chi connectivity index (χ0) is 21.7. The van der Waals surface area contributed by atoms with Gasteiger partial charge in [0.1, 0.15) is 11.6 Å². The predicted molar refractivity (Wildman–Crippen MR) is 101 cm³/mol. The van der Waals surface area contributed by atoms with E-state index in [1.165, 1.54) is 12.1 Å². The van der Waals surface area contributed by atoms with Crippen LogP contribution in [0.3, 0.4) is 0 Å². The third kappa shape index (κ3) is 3.03. The molecule has 0 aliphatic carbocycles. The summed E-state index contributed by atoms with van der Waals surface area (Å²) < 4.78 is 40.9. The van der Waals surface area contributed by atoms with Crippen molar-refractivity contribution < 1.29 is 22.8 Å². The zero-order valence-corrected chi connectivity index (χ0v) is 16.3. The van der Waals surface area contributed by atoms with E-state index in [1.54, 1.807) is 7.05 Å². The average molecular weight is 401 g/mol. The molecule has 8 heteroatoms. The van der Waals surface area contributed by atoms with Crippen LogP contribution >= 0.6 is 0 Å². The Hall–Kier alpha value is -3.34. The van der Waals surface area contributed by atoms with Crippen LogP contribution in [-0.4, -0.2) is 37.0 Å². The molecule has 5 nitrogen and oxygen atoms in total. The number of alkyl halides is 3. The number of rotatable bonds is 1. The van der Waals surface area contributed by atoms with E-state index >= 15 is 0 Å². The molecule has 0 saturated heterocycles. The number of nitrogens with zero attached hydrogens (tertiary/aromatic N) is 3. The molecule has 2 amide bonds. The fourth-order valence-corrected chi connectivity index (χ4v) is 3.81. The molecule has 0 spiro atoms. The Bertz CT molecular complexity index is 1060. The van der Waals surface area contributed by atoms with Crippen molar-refractivity contribution in [3.63, 3.8) is 0 Å². The van der Waals surface area contributed by atoms with Gasteiger partial charge in [0.25, 0.3) is 11.8 Å². The third-order valence-electron chi connectivity index (χ3n) is 5.32. The Morgan fingerprint density at radius 2 is 1.66 bits per heavy atom. The molecule has 0 bridgehead atoms. The molecule has 0 fully saturated rings. The minimum absolute atomic E-state index is 0.512. The Morgan fingerprint density at radius 1 is 1.03 bits per heavy atom. The molecular formula is C21H18F3N3O2. The van der Waals surface area contributed by atoms with Gasteiger partial charge in [-0.25, -0.2) is 0 Å². The van der Waals surface area contributed by atoms with E-state index in [4.69, 9.17) is 5.26 Å². The summed E-state index contributed by atoms with van der Waals surface area (Å²) in [5.74, 6) is -2.37. The number of carbonyl (C=O) groups excluding carboxylic acids is 2. The number of likely N-dealkylation sites (N-methyl/N-ethyl adjacent to an activating group) is 2. The summed E-state index contributed by atoms with van der Waals surface area (Å²) in [5, 5.41) is 9.12. The van der Waals surface area contributed by atoms with E-state index in [2.05, 4.69) is 0 Å². The number of carbonyl (C=O) groups is 2.